The van der Waals surface area contributed by atoms with Crippen LogP contribution in [0.5, 0.6) is 5.75 Å². The fraction of sp³-hybridized carbons (Fsp3) is 0.472. The molecule has 3 aromatic rings. The fourth-order valence-corrected chi connectivity index (χ4v) is 7.97. The molecule has 2 fully saturated rings. The Kier molecular flexibility index (Phi) is 8.19. The number of likely N-dealkylation sites (tertiary alicyclic amines) is 1. The molecule has 2 aliphatic heterocycles. The van der Waals surface area contributed by atoms with E-state index in [1.54, 1.807) is 6.07 Å². The number of amides is 1. The number of carbonyl (C=O) groups is 1. The van der Waals surface area contributed by atoms with Crippen LogP contribution >= 0.6 is 0 Å². The van der Waals surface area contributed by atoms with Crippen molar-refractivity contribution in [3.63, 3.8) is 0 Å². The van der Waals surface area contributed by atoms with E-state index in [1.807, 2.05) is 12.1 Å². The van der Waals surface area contributed by atoms with Crippen LogP contribution in [-0.4, -0.2) is 59.1 Å². The normalized spacial score (nSPS) is 26.3. The highest BCUT2D eigenvalue weighted by atomic mass is 16.3. The van der Waals surface area contributed by atoms with Crippen LogP contribution in [0.3, 0.4) is 0 Å². The summed E-state index contributed by atoms with van der Waals surface area (Å²) in [6, 6.07) is 25.8. The topological polar surface area (TPSA) is 55.8 Å². The molecule has 2 N–H and O–H groups in total. The van der Waals surface area contributed by atoms with E-state index in [1.165, 1.54) is 27.8 Å². The SMILES string of the molecule is Cc1ccccc1CCN1C[C@@H](C)[C@]2(c3cccc(O)c3)C[C@@H](NC(=O)CCN3CCc4ccccc4C3)C[C@H]1C2. The summed E-state index contributed by atoms with van der Waals surface area (Å²) in [6.45, 7) is 9.41. The standard InChI is InChI=1S/C36H45N3O2/c1-26-8-3-4-9-28(26)15-19-39-24-27(2)36(31-12-7-13-34(40)20-31)22-32(21-33(39)23-36)37-35(41)16-18-38-17-14-29-10-5-6-11-30(29)25-38/h3-13,20,27,32-33,40H,14-19,21-25H2,1-2H3,(H,37,41)/t27-,32+,33+,36+/m1/s1. The van der Waals surface area contributed by atoms with Gasteiger partial charge in [-0.2, -0.15) is 0 Å². The third-order valence-corrected chi connectivity index (χ3v) is 10.3. The van der Waals surface area contributed by atoms with Crippen molar-refractivity contribution in [3.8, 4) is 5.75 Å². The average molecular weight is 552 g/mol. The zero-order valence-corrected chi connectivity index (χ0v) is 24.7. The summed E-state index contributed by atoms with van der Waals surface area (Å²) in [5.74, 6) is 0.918. The Bertz CT molecular complexity index is 1370. The van der Waals surface area contributed by atoms with Crippen LogP contribution in [0.1, 0.15) is 60.4 Å². The second kappa shape index (κ2) is 12.0. The van der Waals surface area contributed by atoms with Crippen LogP contribution in [0.25, 0.3) is 0 Å². The number of benzene rings is 3. The van der Waals surface area contributed by atoms with Crippen LogP contribution in [0, 0.1) is 12.8 Å². The highest BCUT2D eigenvalue weighted by molar-refractivity contribution is 5.76. The maximum Gasteiger partial charge on any atom is 0.221 e. The molecule has 1 saturated heterocycles. The van der Waals surface area contributed by atoms with Crippen molar-refractivity contribution in [2.24, 2.45) is 5.92 Å². The summed E-state index contributed by atoms with van der Waals surface area (Å²) >= 11 is 0. The molecule has 1 aliphatic carbocycles. The van der Waals surface area contributed by atoms with Gasteiger partial charge in [-0.1, -0.05) is 67.6 Å². The Hall–Kier alpha value is -3.15. The summed E-state index contributed by atoms with van der Waals surface area (Å²) in [6.07, 6.45) is 5.64. The predicted molar refractivity (Wildman–Crippen MR) is 165 cm³/mol. The summed E-state index contributed by atoms with van der Waals surface area (Å²) in [5, 5.41) is 13.9. The first kappa shape index (κ1) is 28.0. The first-order chi connectivity index (χ1) is 19.9. The second-order valence-electron chi connectivity index (χ2n) is 12.9. The molecule has 4 atom stereocenters. The van der Waals surface area contributed by atoms with Gasteiger partial charge in [-0.15, -0.1) is 0 Å². The zero-order valence-electron chi connectivity index (χ0n) is 24.7. The van der Waals surface area contributed by atoms with E-state index in [2.05, 4.69) is 83.6 Å². The highest BCUT2D eigenvalue weighted by Gasteiger charge is 2.51. The minimum Gasteiger partial charge on any atom is -0.508 e. The Morgan fingerprint density at radius 2 is 1.80 bits per heavy atom. The van der Waals surface area contributed by atoms with Crippen molar-refractivity contribution in [1.29, 1.82) is 0 Å². The number of nitrogens with one attached hydrogen (secondary N) is 1. The van der Waals surface area contributed by atoms with Gasteiger partial charge in [0.1, 0.15) is 5.75 Å². The van der Waals surface area contributed by atoms with Crippen molar-refractivity contribution in [1.82, 2.24) is 15.1 Å². The van der Waals surface area contributed by atoms with Gasteiger partial charge >= 0.3 is 0 Å². The smallest absolute Gasteiger partial charge is 0.221 e. The van der Waals surface area contributed by atoms with Crippen molar-refractivity contribution in [2.45, 2.75) is 76.4 Å². The van der Waals surface area contributed by atoms with Gasteiger partial charge in [0.05, 0.1) is 0 Å². The lowest BCUT2D eigenvalue weighted by Gasteiger charge is -2.56. The summed E-state index contributed by atoms with van der Waals surface area (Å²) in [5.41, 5.74) is 6.80. The summed E-state index contributed by atoms with van der Waals surface area (Å²) in [7, 11) is 0. The summed E-state index contributed by atoms with van der Waals surface area (Å²) in [4.78, 5) is 18.4. The lowest BCUT2D eigenvalue weighted by atomic mass is 9.57. The second-order valence-corrected chi connectivity index (χ2v) is 12.9. The number of hydrogen-bond donors (Lipinski definition) is 2. The molecular formula is C36H45N3O2. The number of aryl methyl sites for hydroxylation is 1. The predicted octanol–water partition coefficient (Wildman–Crippen LogP) is 5.62. The Balaban J connectivity index is 1.14. The van der Waals surface area contributed by atoms with Gasteiger partial charge < -0.3 is 10.4 Å². The van der Waals surface area contributed by atoms with E-state index in [-0.39, 0.29) is 17.4 Å². The van der Waals surface area contributed by atoms with Crippen LogP contribution < -0.4 is 5.32 Å². The molecule has 41 heavy (non-hydrogen) atoms. The number of hydrogen-bond acceptors (Lipinski definition) is 4. The van der Waals surface area contributed by atoms with Crippen LogP contribution in [-0.2, 0) is 29.6 Å². The maximum atomic E-state index is 13.3. The highest BCUT2D eigenvalue weighted by Crippen LogP contribution is 2.50. The minimum atomic E-state index is -0.0463. The molecule has 216 valence electrons. The van der Waals surface area contributed by atoms with Gasteiger partial charge in [0.25, 0.3) is 0 Å². The number of carbonyl (C=O) groups excluding carboxylic acids is 1. The van der Waals surface area contributed by atoms with Crippen LogP contribution in [0.2, 0.25) is 0 Å². The quantitative estimate of drug-likeness (QED) is 0.382. The Morgan fingerprint density at radius 1 is 1.00 bits per heavy atom. The van der Waals surface area contributed by atoms with Gasteiger partial charge in [-0.05, 0) is 84.9 Å². The lowest BCUT2D eigenvalue weighted by Crippen LogP contribution is -2.61. The Morgan fingerprint density at radius 3 is 2.63 bits per heavy atom. The minimum absolute atomic E-state index is 0.0463. The number of rotatable bonds is 8. The molecule has 1 saturated carbocycles. The largest absolute Gasteiger partial charge is 0.508 e. The monoisotopic (exact) mass is 551 g/mol. The van der Waals surface area contributed by atoms with E-state index in [9.17, 15) is 9.90 Å². The molecule has 2 heterocycles. The van der Waals surface area contributed by atoms with E-state index < -0.39 is 0 Å². The Labute approximate surface area is 245 Å². The van der Waals surface area contributed by atoms with Gasteiger partial charge in [0.2, 0.25) is 5.91 Å². The molecule has 3 aliphatic rings. The van der Waals surface area contributed by atoms with Crippen LogP contribution in [0.4, 0.5) is 0 Å². The fourth-order valence-electron chi connectivity index (χ4n) is 7.97. The molecule has 1 amide bonds. The first-order valence-corrected chi connectivity index (χ1v) is 15.6. The van der Waals surface area contributed by atoms with Crippen molar-refractivity contribution in [3.05, 3.63) is 101 Å². The number of phenols is 1. The molecule has 6 rings (SSSR count). The van der Waals surface area contributed by atoms with Gasteiger partial charge in [-0.25, -0.2) is 0 Å². The molecule has 5 nitrogen and oxygen atoms in total. The molecular weight excluding hydrogens is 506 g/mol. The third-order valence-electron chi connectivity index (χ3n) is 10.3. The van der Waals surface area contributed by atoms with Gasteiger partial charge in [-0.3, -0.25) is 14.6 Å². The van der Waals surface area contributed by atoms with Crippen LogP contribution in [0.15, 0.2) is 72.8 Å². The number of aromatic hydroxyl groups is 1. The molecule has 3 aromatic carbocycles. The van der Waals surface area contributed by atoms with Gasteiger partial charge in [0.15, 0.2) is 0 Å². The van der Waals surface area contributed by atoms with E-state index in [4.69, 9.17) is 0 Å². The molecule has 0 unspecified atom stereocenters. The van der Waals surface area contributed by atoms with Crippen molar-refractivity contribution >= 4 is 5.91 Å². The number of phenolic OH excluding ortho intramolecular Hbond substituents is 1. The van der Waals surface area contributed by atoms with E-state index in [0.29, 0.717) is 24.1 Å². The molecule has 2 bridgehead atoms. The number of fused-ring (bicyclic) bond motifs is 3. The molecule has 5 heteroatoms. The molecule has 0 spiro atoms. The van der Waals surface area contributed by atoms with Crippen molar-refractivity contribution < 1.29 is 9.90 Å². The van der Waals surface area contributed by atoms with Gasteiger partial charge in [0, 0.05) is 56.6 Å². The molecule has 0 radical (unpaired) electrons. The summed E-state index contributed by atoms with van der Waals surface area (Å²) < 4.78 is 0. The van der Waals surface area contributed by atoms with E-state index in [0.717, 1.165) is 64.8 Å². The first-order valence-electron chi connectivity index (χ1n) is 15.6. The van der Waals surface area contributed by atoms with E-state index >= 15 is 0 Å². The molecule has 0 aromatic heterocycles. The van der Waals surface area contributed by atoms with Crippen molar-refractivity contribution in [2.75, 3.05) is 26.2 Å². The zero-order chi connectivity index (χ0) is 28.4. The maximum absolute atomic E-state index is 13.3. The number of piperidine rings is 1. The lowest BCUT2D eigenvalue weighted by molar-refractivity contribution is -0.123. The average Bonchev–Trinajstić information content (AvgIpc) is 2.98. The third kappa shape index (κ3) is 6.07. The number of nitrogens with zero attached hydrogens (tertiary/aromatic N) is 2.